The largest absolute Gasteiger partial charge is 0.366 e. The summed E-state index contributed by atoms with van der Waals surface area (Å²) in [7, 11) is 0. The second-order valence-electron chi connectivity index (χ2n) is 6.16. The number of H-pyrrole nitrogens is 1. The number of aromatic amines is 1. The van der Waals surface area contributed by atoms with Crippen LogP contribution in [0, 0.1) is 6.92 Å². The monoisotopic (exact) mass is 332 g/mol. The van der Waals surface area contributed by atoms with Gasteiger partial charge in [0.25, 0.3) is 5.91 Å². The number of morpholine rings is 1. The van der Waals surface area contributed by atoms with Crippen molar-refractivity contribution in [1.82, 2.24) is 20.1 Å². The number of thiophene rings is 1. The zero-order valence-corrected chi connectivity index (χ0v) is 14.0. The second-order valence-corrected chi connectivity index (χ2v) is 7.29. The Morgan fingerprint density at radius 3 is 3.09 bits per heavy atom. The third kappa shape index (κ3) is 2.90. The van der Waals surface area contributed by atoms with Crippen LogP contribution in [0.25, 0.3) is 0 Å². The SMILES string of the molecule is Cc1nc([C@H]2CN(C(=O)c3cc4c(s3)CCCC4)CCO2)n[nH]1. The highest BCUT2D eigenvalue weighted by Gasteiger charge is 2.29. The number of amides is 1. The maximum atomic E-state index is 12.8. The topological polar surface area (TPSA) is 71.1 Å². The van der Waals surface area contributed by atoms with Gasteiger partial charge in [-0.3, -0.25) is 9.89 Å². The Morgan fingerprint density at radius 2 is 2.30 bits per heavy atom. The fourth-order valence-electron chi connectivity index (χ4n) is 3.25. The Balaban J connectivity index is 1.50. The lowest BCUT2D eigenvalue weighted by Crippen LogP contribution is -2.42. The Hall–Kier alpha value is -1.73. The minimum Gasteiger partial charge on any atom is -0.366 e. The van der Waals surface area contributed by atoms with Crippen LogP contribution >= 0.6 is 11.3 Å². The van der Waals surface area contributed by atoms with Crippen molar-refractivity contribution in [3.8, 4) is 0 Å². The normalized spacial score (nSPS) is 21.3. The molecule has 1 N–H and O–H groups in total. The highest BCUT2D eigenvalue weighted by Crippen LogP contribution is 2.31. The summed E-state index contributed by atoms with van der Waals surface area (Å²) in [5.41, 5.74) is 1.37. The molecular weight excluding hydrogens is 312 g/mol. The minimum absolute atomic E-state index is 0.116. The van der Waals surface area contributed by atoms with Crippen LogP contribution in [0.15, 0.2) is 6.07 Å². The molecule has 0 spiro atoms. The number of nitrogens with zero attached hydrogens (tertiary/aromatic N) is 3. The Morgan fingerprint density at radius 1 is 1.43 bits per heavy atom. The van der Waals surface area contributed by atoms with Crippen LogP contribution in [-0.4, -0.2) is 45.7 Å². The van der Waals surface area contributed by atoms with E-state index in [1.54, 1.807) is 11.3 Å². The van der Waals surface area contributed by atoms with Crippen LogP contribution in [-0.2, 0) is 17.6 Å². The maximum Gasteiger partial charge on any atom is 0.264 e. The molecule has 23 heavy (non-hydrogen) atoms. The van der Waals surface area contributed by atoms with Gasteiger partial charge in [0.05, 0.1) is 18.0 Å². The second kappa shape index (κ2) is 6.05. The van der Waals surface area contributed by atoms with Crippen molar-refractivity contribution in [3.05, 3.63) is 33.0 Å². The van der Waals surface area contributed by atoms with E-state index in [1.165, 1.54) is 23.3 Å². The third-order valence-electron chi connectivity index (χ3n) is 4.46. The van der Waals surface area contributed by atoms with Gasteiger partial charge in [0.2, 0.25) is 0 Å². The van der Waals surface area contributed by atoms with Gasteiger partial charge in [0.15, 0.2) is 5.82 Å². The van der Waals surface area contributed by atoms with Crippen LogP contribution in [0.5, 0.6) is 0 Å². The molecule has 3 heterocycles. The molecule has 2 aromatic heterocycles. The first kappa shape index (κ1) is 14.8. The van der Waals surface area contributed by atoms with Crippen molar-refractivity contribution in [1.29, 1.82) is 0 Å². The summed E-state index contributed by atoms with van der Waals surface area (Å²) in [5, 5.41) is 6.99. The van der Waals surface area contributed by atoms with E-state index in [4.69, 9.17) is 4.74 Å². The van der Waals surface area contributed by atoms with E-state index in [2.05, 4.69) is 21.2 Å². The Labute approximate surface area is 138 Å². The molecule has 1 saturated heterocycles. The zero-order valence-electron chi connectivity index (χ0n) is 13.2. The molecule has 2 aliphatic rings. The van der Waals surface area contributed by atoms with E-state index in [9.17, 15) is 4.79 Å². The molecule has 6 nitrogen and oxygen atoms in total. The molecule has 0 bridgehead atoms. The highest BCUT2D eigenvalue weighted by atomic mass is 32.1. The van der Waals surface area contributed by atoms with Gasteiger partial charge in [-0.1, -0.05) is 0 Å². The molecule has 0 radical (unpaired) electrons. The molecule has 0 unspecified atom stereocenters. The molecule has 1 aliphatic heterocycles. The lowest BCUT2D eigenvalue weighted by atomic mass is 9.99. The summed E-state index contributed by atoms with van der Waals surface area (Å²) in [6.07, 6.45) is 4.47. The van der Waals surface area contributed by atoms with E-state index in [0.717, 1.165) is 23.5 Å². The van der Waals surface area contributed by atoms with Crippen LogP contribution in [0.4, 0.5) is 0 Å². The predicted octanol–water partition coefficient (Wildman–Crippen LogP) is 2.27. The first-order valence-electron chi connectivity index (χ1n) is 8.12. The molecule has 1 fully saturated rings. The Bertz CT molecular complexity index is 700. The molecule has 1 aliphatic carbocycles. The fraction of sp³-hybridized carbons (Fsp3) is 0.562. The molecule has 122 valence electrons. The zero-order chi connectivity index (χ0) is 15.8. The molecule has 0 aromatic carbocycles. The molecule has 0 saturated carbocycles. The van der Waals surface area contributed by atoms with Crippen LogP contribution in [0.3, 0.4) is 0 Å². The number of carbonyl (C=O) groups excluding carboxylic acids is 1. The van der Waals surface area contributed by atoms with E-state index in [-0.39, 0.29) is 12.0 Å². The van der Waals surface area contributed by atoms with Gasteiger partial charge in [-0.15, -0.1) is 11.3 Å². The van der Waals surface area contributed by atoms with Crippen LogP contribution in [0.1, 0.15) is 50.7 Å². The Kier molecular flexibility index (Phi) is 3.90. The summed E-state index contributed by atoms with van der Waals surface area (Å²) in [6, 6.07) is 2.10. The van der Waals surface area contributed by atoms with Crippen molar-refractivity contribution >= 4 is 17.2 Å². The van der Waals surface area contributed by atoms with Gasteiger partial charge >= 0.3 is 0 Å². The van der Waals surface area contributed by atoms with Gasteiger partial charge in [-0.05, 0) is 44.2 Å². The van der Waals surface area contributed by atoms with Crippen molar-refractivity contribution in [2.45, 2.75) is 38.7 Å². The van der Waals surface area contributed by atoms with Gasteiger partial charge in [-0.2, -0.15) is 5.10 Å². The predicted molar refractivity (Wildman–Crippen MR) is 86.7 cm³/mol. The average Bonchev–Trinajstić information content (AvgIpc) is 3.20. The molecular formula is C16H20N4O2S. The van der Waals surface area contributed by atoms with E-state index >= 15 is 0 Å². The lowest BCUT2D eigenvalue weighted by Gasteiger charge is -2.31. The first-order valence-corrected chi connectivity index (χ1v) is 8.94. The number of hydrogen-bond acceptors (Lipinski definition) is 5. The van der Waals surface area contributed by atoms with Crippen molar-refractivity contribution in [2.24, 2.45) is 0 Å². The van der Waals surface area contributed by atoms with Crippen molar-refractivity contribution < 1.29 is 9.53 Å². The fourth-order valence-corrected chi connectivity index (χ4v) is 4.47. The van der Waals surface area contributed by atoms with Crippen LogP contribution < -0.4 is 0 Å². The highest BCUT2D eigenvalue weighted by molar-refractivity contribution is 7.14. The smallest absolute Gasteiger partial charge is 0.264 e. The molecule has 1 amide bonds. The first-order chi connectivity index (χ1) is 11.2. The summed E-state index contributed by atoms with van der Waals surface area (Å²) in [4.78, 5) is 21.3. The molecule has 1 atom stereocenters. The van der Waals surface area contributed by atoms with Gasteiger partial charge in [0.1, 0.15) is 11.9 Å². The maximum absolute atomic E-state index is 12.8. The number of rotatable bonds is 2. The summed E-state index contributed by atoms with van der Waals surface area (Å²) >= 11 is 1.67. The molecule has 4 rings (SSSR count). The number of carbonyl (C=O) groups is 1. The minimum atomic E-state index is -0.243. The number of aryl methyl sites for hydroxylation is 3. The molecule has 7 heteroatoms. The van der Waals surface area contributed by atoms with E-state index < -0.39 is 0 Å². The van der Waals surface area contributed by atoms with Crippen molar-refractivity contribution in [2.75, 3.05) is 19.7 Å². The standard InChI is InChI=1S/C16H20N4O2S/c1-10-17-15(19-18-10)12-9-20(6-7-22-12)16(21)14-8-11-4-2-3-5-13(11)23-14/h8,12H,2-7,9H2,1H3,(H,17,18,19)/t12-/m1/s1. The summed E-state index contributed by atoms with van der Waals surface area (Å²) in [6.45, 7) is 3.52. The van der Waals surface area contributed by atoms with Crippen LogP contribution in [0.2, 0.25) is 0 Å². The number of hydrogen-bond donors (Lipinski definition) is 1. The number of fused-ring (bicyclic) bond motifs is 1. The van der Waals surface area contributed by atoms with E-state index in [1.807, 2.05) is 11.8 Å². The third-order valence-corrected chi connectivity index (χ3v) is 5.69. The van der Waals surface area contributed by atoms with Crippen molar-refractivity contribution in [3.63, 3.8) is 0 Å². The quantitative estimate of drug-likeness (QED) is 0.916. The number of ether oxygens (including phenoxy) is 1. The lowest BCUT2D eigenvalue weighted by molar-refractivity contribution is -0.0265. The summed E-state index contributed by atoms with van der Waals surface area (Å²) < 4.78 is 5.74. The molecule has 2 aromatic rings. The van der Waals surface area contributed by atoms with Gasteiger partial charge in [-0.25, -0.2) is 4.98 Å². The number of nitrogens with one attached hydrogen (secondary N) is 1. The number of aromatic nitrogens is 3. The van der Waals surface area contributed by atoms with Gasteiger partial charge in [0, 0.05) is 11.4 Å². The van der Waals surface area contributed by atoms with E-state index in [0.29, 0.717) is 25.5 Å². The van der Waals surface area contributed by atoms with Gasteiger partial charge < -0.3 is 9.64 Å². The summed E-state index contributed by atoms with van der Waals surface area (Å²) in [5.74, 6) is 1.51. The average molecular weight is 332 g/mol.